The first-order chi connectivity index (χ1) is 11.5. The molecule has 1 heterocycles. The molecule has 7 nitrogen and oxygen atoms in total. The summed E-state index contributed by atoms with van der Waals surface area (Å²) >= 11 is 1.17. The third-order valence-electron chi connectivity index (χ3n) is 2.94. The lowest BCUT2D eigenvalue weighted by molar-refractivity contribution is 0.0525. The van der Waals surface area contributed by atoms with Crippen LogP contribution in [0.25, 0.3) is 0 Å². The van der Waals surface area contributed by atoms with Crippen molar-refractivity contribution >= 4 is 40.7 Å². The van der Waals surface area contributed by atoms with Crippen molar-refractivity contribution < 1.29 is 23.9 Å². The highest BCUT2D eigenvalue weighted by molar-refractivity contribution is 7.12. The summed E-state index contributed by atoms with van der Waals surface area (Å²) in [6.45, 7) is 2.02. The van der Waals surface area contributed by atoms with Gasteiger partial charge in [-0.25, -0.2) is 14.4 Å². The Kier molecular flexibility index (Phi) is 5.91. The van der Waals surface area contributed by atoms with E-state index < -0.39 is 18.0 Å². The molecule has 2 aromatic rings. The topological polar surface area (TPSA) is 93.7 Å². The van der Waals surface area contributed by atoms with Gasteiger partial charge in [0.25, 0.3) is 0 Å². The van der Waals surface area contributed by atoms with Gasteiger partial charge in [-0.1, -0.05) is 0 Å². The third-order valence-corrected chi connectivity index (χ3v) is 3.83. The van der Waals surface area contributed by atoms with E-state index in [0.717, 1.165) is 0 Å². The molecule has 0 fully saturated rings. The van der Waals surface area contributed by atoms with Gasteiger partial charge in [0.2, 0.25) is 0 Å². The molecule has 0 radical (unpaired) electrons. The number of rotatable bonds is 5. The van der Waals surface area contributed by atoms with E-state index >= 15 is 0 Å². The van der Waals surface area contributed by atoms with Gasteiger partial charge < -0.3 is 20.1 Å². The first-order valence-electron chi connectivity index (χ1n) is 7.06. The van der Waals surface area contributed by atoms with E-state index in [9.17, 15) is 14.4 Å². The van der Waals surface area contributed by atoms with Gasteiger partial charge in [0.1, 0.15) is 4.88 Å². The SMILES string of the molecule is CCOC(=O)c1ccc(NC(=O)Nc2ccsc2C(=O)OC)cc1. The lowest BCUT2D eigenvalue weighted by atomic mass is 10.2. The Hall–Kier alpha value is -2.87. The van der Waals surface area contributed by atoms with Gasteiger partial charge in [0.05, 0.1) is 25.0 Å². The number of hydrogen-bond acceptors (Lipinski definition) is 6. The minimum absolute atomic E-state index is 0.296. The second-order valence-electron chi connectivity index (χ2n) is 4.53. The fourth-order valence-electron chi connectivity index (χ4n) is 1.85. The predicted octanol–water partition coefficient (Wildman–Crippen LogP) is 3.36. The lowest BCUT2D eigenvalue weighted by Crippen LogP contribution is -2.20. The summed E-state index contributed by atoms with van der Waals surface area (Å²) in [6, 6.07) is 7.38. The van der Waals surface area contributed by atoms with Gasteiger partial charge in [0, 0.05) is 5.69 Å². The van der Waals surface area contributed by atoms with Crippen LogP contribution in [0.3, 0.4) is 0 Å². The monoisotopic (exact) mass is 348 g/mol. The van der Waals surface area contributed by atoms with Crippen molar-refractivity contribution in [3.05, 3.63) is 46.2 Å². The van der Waals surface area contributed by atoms with Gasteiger partial charge in [-0.2, -0.15) is 0 Å². The van der Waals surface area contributed by atoms with Crippen LogP contribution >= 0.6 is 11.3 Å². The minimum Gasteiger partial charge on any atom is -0.465 e. The number of urea groups is 1. The van der Waals surface area contributed by atoms with Gasteiger partial charge in [-0.05, 0) is 42.6 Å². The van der Waals surface area contributed by atoms with E-state index in [0.29, 0.717) is 28.4 Å². The Morgan fingerprint density at radius 1 is 1.04 bits per heavy atom. The van der Waals surface area contributed by atoms with Crippen LogP contribution < -0.4 is 10.6 Å². The summed E-state index contributed by atoms with van der Waals surface area (Å²) in [4.78, 5) is 35.4. The normalized spacial score (nSPS) is 9.92. The summed E-state index contributed by atoms with van der Waals surface area (Å²) in [5.41, 5.74) is 1.26. The molecule has 8 heteroatoms. The molecule has 0 bridgehead atoms. The van der Waals surface area contributed by atoms with E-state index in [4.69, 9.17) is 4.74 Å². The fraction of sp³-hybridized carbons (Fsp3) is 0.188. The van der Waals surface area contributed by atoms with E-state index in [-0.39, 0.29) is 0 Å². The maximum Gasteiger partial charge on any atom is 0.350 e. The number of esters is 2. The number of carbonyl (C=O) groups is 3. The molecule has 1 aromatic carbocycles. The Labute approximate surface area is 142 Å². The smallest absolute Gasteiger partial charge is 0.350 e. The van der Waals surface area contributed by atoms with Crippen LogP contribution in [0.1, 0.15) is 27.0 Å². The summed E-state index contributed by atoms with van der Waals surface area (Å²) in [7, 11) is 1.27. The molecule has 0 unspecified atom stereocenters. The minimum atomic E-state index is -0.515. The zero-order chi connectivity index (χ0) is 17.5. The highest BCUT2D eigenvalue weighted by atomic mass is 32.1. The van der Waals surface area contributed by atoms with Crippen molar-refractivity contribution in [2.75, 3.05) is 24.4 Å². The summed E-state index contributed by atoms with van der Waals surface area (Å²) in [5, 5.41) is 6.87. The molecule has 1 aromatic heterocycles. The molecule has 2 rings (SSSR count). The number of carbonyl (C=O) groups excluding carboxylic acids is 3. The molecular formula is C16H16N2O5S. The number of methoxy groups -OCH3 is 1. The molecule has 0 atom stereocenters. The molecule has 0 saturated heterocycles. The van der Waals surface area contributed by atoms with Crippen LogP contribution in [0, 0.1) is 0 Å². The summed E-state index contributed by atoms with van der Waals surface area (Å²) in [5.74, 6) is -0.936. The molecule has 126 valence electrons. The highest BCUT2D eigenvalue weighted by Crippen LogP contribution is 2.23. The molecule has 2 N–H and O–H groups in total. The average molecular weight is 348 g/mol. The van der Waals surface area contributed by atoms with E-state index in [1.54, 1.807) is 42.6 Å². The molecule has 0 aliphatic heterocycles. The molecule has 0 spiro atoms. The van der Waals surface area contributed by atoms with E-state index in [1.165, 1.54) is 18.4 Å². The number of hydrogen-bond donors (Lipinski definition) is 2. The predicted molar refractivity (Wildman–Crippen MR) is 90.7 cm³/mol. The number of benzene rings is 1. The number of thiophene rings is 1. The van der Waals surface area contributed by atoms with Crippen molar-refractivity contribution in [3.63, 3.8) is 0 Å². The fourth-order valence-corrected chi connectivity index (χ4v) is 2.61. The summed E-state index contributed by atoms with van der Waals surface area (Å²) in [6.07, 6.45) is 0. The Bertz CT molecular complexity index is 739. The van der Waals surface area contributed by atoms with Crippen LogP contribution in [0.2, 0.25) is 0 Å². The zero-order valence-corrected chi connectivity index (χ0v) is 13.9. The van der Waals surface area contributed by atoms with Gasteiger partial charge in [0.15, 0.2) is 0 Å². The number of ether oxygens (including phenoxy) is 2. The van der Waals surface area contributed by atoms with E-state index in [2.05, 4.69) is 15.4 Å². The van der Waals surface area contributed by atoms with Crippen LogP contribution in [-0.4, -0.2) is 31.7 Å². The van der Waals surface area contributed by atoms with Gasteiger partial charge in [-0.15, -0.1) is 11.3 Å². The van der Waals surface area contributed by atoms with Crippen molar-refractivity contribution in [2.45, 2.75) is 6.92 Å². The second kappa shape index (κ2) is 8.11. The Balaban J connectivity index is 1.99. The molecule has 24 heavy (non-hydrogen) atoms. The zero-order valence-electron chi connectivity index (χ0n) is 13.1. The number of anilines is 2. The van der Waals surface area contributed by atoms with Crippen LogP contribution in [0.15, 0.2) is 35.7 Å². The molecule has 0 saturated carbocycles. The number of nitrogens with one attached hydrogen (secondary N) is 2. The summed E-state index contributed by atoms with van der Waals surface area (Å²) < 4.78 is 9.53. The van der Waals surface area contributed by atoms with Crippen LogP contribution in [0.4, 0.5) is 16.2 Å². The van der Waals surface area contributed by atoms with Gasteiger partial charge >= 0.3 is 18.0 Å². The molecule has 0 aliphatic carbocycles. The Morgan fingerprint density at radius 3 is 2.38 bits per heavy atom. The quantitative estimate of drug-likeness (QED) is 0.808. The van der Waals surface area contributed by atoms with Crippen molar-refractivity contribution in [3.8, 4) is 0 Å². The Morgan fingerprint density at radius 2 is 1.75 bits per heavy atom. The van der Waals surface area contributed by atoms with Crippen molar-refractivity contribution in [1.29, 1.82) is 0 Å². The van der Waals surface area contributed by atoms with E-state index in [1.807, 2.05) is 0 Å². The first-order valence-corrected chi connectivity index (χ1v) is 7.94. The third kappa shape index (κ3) is 4.32. The van der Waals surface area contributed by atoms with Gasteiger partial charge in [-0.3, -0.25) is 0 Å². The number of amides is 2. The maximum absolute atomic E-state index is 12.0. The van der Waals surface area contributed by atoms with Crippen molar-refractivity contribution in [1.82, 2.24) is 0 Å². The molecule has 0 aliphatic rings. The van der Waals surface area contributed by atoms with Crippen LogP contribution in [0.5, 0.6) is 0 Å². The first kappa shape index (κ1) is 17.5. The average Bonchev–Trinajstić information content (AvgIpc) is 3.03. The lowest BCUT2D eigenvalue weighted by Gasteiger charge is -2.08. The second-order valence-corrected chi connectivity index (χ2v) is 5.45. The molecular weight excluding hydrogens is 332 g/mol. The largest absolute Gasteiger partial charge is 0.465 e. The maximum atomic E-state index is 12.0. The molecule has 2 amide bonds. The van der Waals surface area contributed by atoms with Crippen molar-refractivity contribution in [2.24, 2.45) is 0 Å². The standard InChI is InChI=1S/C16H16N2O5S/c1-3-23-14(19)10-4-6-11(7-5-10)17-16(21)18-12-8-9-24-13(12)15(20)22-2/h4-9H,3H2,1-2H3,(H2,17,18,21). The van der Waals surface area contributed by atoms with Crippen LogP contribution in [-0.2, 0) is 9.47 Å². The highest BCUT2D eigenvalue weighted by Gasteiger charge is 2.15.